The highest BCUT2D eigenvalue weighted by Crippen LogP contribution is 2.35. The van der Waals surface area contributed by atoms with Gasteiger partial charge in [0.25, 0.3) is 5.91 Å². The fourth-order valence-electron chi connectivity index (χ4n) is 7.36. The highest BCUT2D eigenvalue weighted by atomic mass is 19.1. The third kappa shape index (κ3) is 8.54. The van der Waals surface area contributed by atoms with Gasteiger partial charge in [-0.15, -0.1) is 0 Å². The Morgan fingerprint density at radius 1 is 1.00 bits per heavy atom. The van der Waals surface area contributed by atoms with Crippen LogP contribution < -0.4 is 10.4 Å². The van der Waals surface area contributed by atoms with E-state index < -0.39 is 17.3 Å². The van der Waals surface area contributed by atoms with Crippen LogP contribution in [0.4, 0.5) is 9.18 Å². The Hall–Kier alpha value is -4.26. The first-order valence-electron chi connectivity index (χ1n) is 18.0. The molecule has 3 amide bonds. The Balaban J connectivity index is 1.18. The van der Waals surface area contributed by atoms with Crippen LogP contribution in [0.2, 0.25) is 0 Å². The number of fused-ring (bicyclic) bond motifs is 1. The maximum absolute atomic E-state index is 13.8. The molecule has 3 aromatic rings. The molecule has 2 aromatic heterocycles. The minimum absolute atomic E-state index is 0.0300. The van der Waals surface area contributed by atoms with Crippen molar-refractivity contribution in [3.05, 3.63) is 53.5 Å². The maximum atomic E-state index is 13.8. The number of amides is 3. The van der Waals surface area contributed by atoms with Gasteiger partial charge >= 0.3 is 6.09 Å². The predicted octanol–water partition coefficient (Wildman–Crippen LogP) is 5.31. The lowest BCUT2D eigenvalue weighted by molar-refractivity contribution is -0.141. The molecule has 13 heteroatoms. The fraction of sp³-hybridized carbons (Fsp3) is 0.595. The van der Waals surface area contributed by atoms with Gasteiger partial charge in [-0.1, -0.05) is 6.42 Å². The fourth-order valence-corrected chi connectivity index (χ4v) is 7.36. The largest absolute Gasteiger partial charge is 0.476 e. The Morgan fingerprint density at radius 3 is 2.40 bits per heavy atom. The molecule has 3 aliphatic rings. The van der Waals surface area contributed by atoms with E-state index in [0.29, 0.717) is 68.9 Å². The number of ether oxygens (including phenoxy) is 2. The zero-order chi connectivity index (χ0) is 35.4. The topological polar surface area (TPSA) is 125 Å². The molecule has 1 atom stereocenters. The van der Waals surface area contributed by atoms with Gasteiger partial charge in [0.15, 0.2) is 0 Å². The highest BCUT2D eigenvalue weighted by Gasteiger charge is 2.37. The molecule has 0 spiro atoms. The molecule has 1 saturated carbocycles. The van der Waals surface area contributed by atoms with Gasteiger partial charge in [-0.3, -0.25) is 14.5 Å². The number of carbonyl (C=O) groups is 3. The number of rotatable bonds is 7. The number of carbonyl (C=O) groups excluding carboxylic acids is 3. The number of likely N-dealkylation sites (tertiary alicyclic amines) is 1. The van der Waals surface area contributed by atoms with E-state index in [-0.39, 0.29) is 35.6 Å². The molecule has 3 fully saturated rings. The molecule has 1 aromatic carbocycles. The number of imidazole rings is 1. The number of hydrogen-bond donors (Lipinski definition) is 1. The van der Waals surface area contributed by atoms with Crippen molar-refractivity contribution in [2.45, 2.75) is 90.3 Å². The minimum atomic E-state index is -0.575. The average Bonchev–Trinajstić information content (AvgIpc) is 3.45. The molecule has 4 heterocycles. The van der Waals surface area contributed by atoms with Crippen LogP contribution in [0.5, 0.6) is 5.88 Å². The molecule has 270 valence electrons. The molecule has 50 heavy (non-hydrogen) atoms. The van der Waals surface area contributed by atoms with Crippen molar-refractivity contribution in [1.29, 1.82) is 0 Å². The number of nitrogens with one attached hydrogen (secondary N) is 1. The highest BCUT2D eigenvalue weighted by molar-refractivity contribution is 5.95. The van der Waals surface area contributed by atoms with Gasteiger partial charge in [0, 0.05) is 55.8 Å². The summed E-state index contributed by atoms with van der Waals surface area (Å²) in [6.45, 7) is 12.4. The van der Waals surface area contributed by atoms with E-state index in [1.807, 2.05) is 43.2 Å². The van der Waals surface area contributed by atoms with E-state index in [9.17, 15) is 18.8 Å². The first kappa shape index (κ1) is 35.6. The number of pyridine rings is 1. The second-order valence-electron chi connectivity index (χ2n) is 14.8. The number of halogens is 1. The van der Waals surface area contributed by atoms with Crippen LogP contribution in [-0.2, 0) is 9.53 Å². The van der Waals surface area contributed by atoms with E-state index in [2.05, 4.69) is 19.9 Å². The number of benzene rings is 1. The molecule has 6 rings (SSSR count). The van der Waals surface area contributed by atoms with E-state index in [1.165, 1.54) is 43.5 Å². The SMILES string of the molecule is CC1CN(C(=O)OC(C)(C)C)CCN1C(=O)[C@H]1CC[C@@H](n2/c(=N/C(=O)c3ccc(F)cc3)[nH]c3cnc(OCCN4CCCCC4)cc32)CC1. The first-order valence-corrected chi connectivity index (χ1v) is 18.0. The Morgan fingerprint density at radius 2 is 1.72 bits per heavy atom. The van der Waals surface area contributed by atoms with Crippen molar-refractivity contribution in [3.63, 3.8) is 0 Å². The summed E-state index contributed by atoms with van der Waals surface area (Å²) in [5.74, 6) is -0.425. The van der Waals surface area contributed by atoms with Gasteiger partial charge < -0.3 is 28.8 Å². The van der Waals surface area contributed by atoms with Crippen molar-refractivity contribution in [1.82, 2.24) is 29.2 Å². The Labute approximate surface area is 292 Å². The van der Waals surface area contributed by atoms with Crippen molar-refractivity contribution in [3.8, 4) is 5.88 Å². The first-order chi connectivity index (χ1) is 23.9. The second kappa shape index (κ2) is 15.3. The molecule has 12 nitrogen and oxygen atoms in total. The normalized spacial score (nSPS) is 22.5. The lowest BCUT2D eigenvalue weighted by Gasteiger charge is -2.42. The molecule has 0 radical (unpaired) electrons. The summed E-state index contributed by atoms with van der Waals surface area (Å²) in [6, 6.07) is 7.09. The molecular weight excluding hydrogens is 641 g/mol. The van der Waals surface area contributed by atoms with Gasteiger partial charge in [0.2, 0.25) is 17.4 Å². The van der Waals surface area contributed by atoms with Crippen LogP contribution in [0.1, 0.15) is 89.0 Å². The third-order valence-electron chi connectivity index (χ3n) is 9.97. The van der Waals surface area contributed by atoms with Crippen LogP contribution in [0, 0.1) is 11.7 Å². The van der Waals surface area contributed by atoms with Crippen LogP contribution in [0.15, 0.2) is 41.5 Å². The summed E-state index contributed by atoms with van der Waals surface area (Å²) >= 11 is 0. The predicted molar refractivity (Wildman–Crippen MR) is 186 cm³/mol. The summed E-state index contributed by atoms with van der Waals surface area (Å²) in [5.41, 5.74) is 1.62. The maximum Gasteiger partial charge on any atom is 0.410 e. The van der Waals surface area contributed by atoms with Crippen LogP contribution >= 0.6 is 0 Å². The van der Waals surface area contributed by atoms with Crippen molar-refractivity contribution >= 4 is 28.9 Å². The Bertz CT molecular complexity index is 1730. The molecule has 1 aliphatic carbocycles. The summed E-state index contributed by atoms with van der Waals surface area (Å²) in [4.78, 5) is 57.9. The summed E-state index contributed by atoms with van der Waals surface area (Å²) < 4.78 is 27.3. The third-order valence-corrected chi connectivity index (χ3v) is 9.97. The summed E-state index contributed by atoms with van der Waals surface area (Å²) in [5, 5.41) is 0. The summed E-state index contributed by atoms with van der Waals surface area (Å²) in [6.07, 6.45) is 7.84. The lowest BCUT2D eigenvalue weighted by atomic mass is 9.84. The van der Waals surface area contributed by atoms with Crippen molar-refractivity contribution < 1.29 is 28.2 Å². The lowest BCUT2D eigenvalue weighted by Crippen LogP contribution is -2.57. The van der Waals surface area contributed by atoms with Gasteiger partial charge in [0.1, 0.15) is 18.0 Å². The zero-order valence-electron chi connectivity index (χ0n) is 29.7. The molecular formula is C37H50FN7O5. The number of aromatic amines is 1. The summed E-state index contributed by atoms with van der Waals surface area (Å²) in [7, 11) is 0. The molecule has 0 bridgehead atoms. The number of piperazine rings is 1. The smallest absolute Gasteiger partial charge is 0.410 e. The average molecular weight is 692 g/mol. The van der Waals surface area contributed by atoms with E-state index in [4.69, 9.17) is 9.47 Å². The van der Waals surface area contributed by atoms with E-state index in [0.717, 1.165) is 25.2 Å². The zero-order valence-corrected chi connectivity index (χ0v) is 29.7. The van der Waals surface area contributed by atoms with E-state index >= 15 is 0 Å². The van der Waals surface area contributed by atoms with Crippen LogP contribution in [0.25, 0.3) is 11.0 Å². The van der Waals surface area contributed by atoms with Gasteiger partial charge in [0.05, 0.1) is 17.2 Å². The standard InChI is InChI=1S/C37H50FN7O5/c1-25-24-43(36(48)50-37(2,3)4)18-19-44(25)34(47)27-10-14-29(15-11-27)45-31-22-32(49-21-20-42-16-6-5-7-17-42)39-23-30(31)40-35(45)41-33(46)26-8-12-28(38)13-9-26/h8-9,12-13,22-23,25,27,29H,5-7,10-11,14-21,24H2,1-4H3,(H,40,41,46)/t25?,27-,29+. The van der Waals surface area contributed by atoms with Crippen LogP contribution in [0.3, 0.4) is 0 Å². The molecule has 1 unspecified atom stereocenters. The molecule has 2 saturated heterocycles. The van der Waals surface area contributed by atoms with Crippen LogP contribution in [-0.4, -0.2) is 105 Å². The minimum Gasteiger partial charge on any atom is -0.476 e. The number of aromatic nitrogens is 3. The van der Waals surface area contributed by atoms with E-state index in [1.54, 1.807) is 11.1 Å². The second-order valence-corrected chi connectivity index (χ2v) is 14.8. The van der Waals surface area contributed by atoms with Gasteiger partial charge in [-0.2, -0.15) is 4.99 Å². The number of piperidine rings is 1. The number of H-pyrrole nitrogens is 1. The monoisotopic (exact) mass is 691 g/mol. The number of hydrogen-bond acceptors (Lipinski definition) is 7. The van der Waals surface area contributed by atoms with Gasteiger partial charge in [-0.05, 0) is 104 Å². The number of nitrogens with zero attached hydrogens (tertiary/aromatic N) is 6. The quantitative estimate of drug-likeness (QED) is 0.356. The molecule has 2 aliphatic heterocycles. The Kier molecular flexibility index (Phi) is 10.9. The molecule has 1 N–H and O–H groups in total. The van der Waals surface area contributed by atoms with Crippen molar-refractivity contribution in [2.24, 2.45) is 10.9 Å². The van der Waals surface area contributed by atoms with Crippen molar-refractivity contribution in [2.75, 3.05) is 45.9 Å². The van der Waals surface area contributed by atoms with Gasteiger partial charge in [-0.25, -0.2) is 14.2 Å².